The van der Waals surface area contributed by atoms with Crippen LogP contribution in [-0.2, 0) is 27.9 Å². The number of carbonyl (C=O) groups is 1. The SMILES string of the molecule is NS(=O)(=O)c1ccc(OCC(=O)NCc2cn(Cc3ccccc3)nc2-c2ccccc2)cc1. The smallest absolute Gasteiger partial charge is 0.258 e. The second kappa shape index (κ2) is 10.3. The van der Waals surface area contributed by atoms with Crippen LogP contribution in [0.2, 0.25) is 0 Å². The summed E-state index contributed by atoms with van der Waals surface area (Å²) in [6.45, 7) is 0.686. The Labute approximate surface area is 198 Å². The summed E-state index contributed by atoms with van der Waals surface area (Å²) < 4.78 is 30.0. The molecule has 4 aromatic rings. The highest BCUT2D eigenvalue weighted by Crippen LogP contribution is 2.22. The summed E-state index contributed by atoms with van der Waals surface area (Å²) >= 11 is 0. The maximum atomic E-state index is 12.4. The Morgan fingerprint density at radius 2 is 1.59 bits per heavy atom. The number of benzene rings is 3. The molecule has 1 aromatic heterocycles. The van der Waals surface area contributed by atoms with Crippen molar-refractivity contribution in [3.05, 3.63) is 102 Å². The van der Waals surface area contributed by atoms with E-state index in [1.165, 1.54) is 24.3 Å². The molecule has 0 spiro atoms. The normalized spacial score (nSPS) is 11.2. The molecule has 0 saturated heterocycles. The highest BCUT2D eigenvalue weighted by atomic mass is 32.2. The van der Waals surface area contributed by atoms with Gasteiger partial charge >= 0.3 is 0 Å². The number of rotatable bonds is 9. The van der Waals surface area contributed by atoms with Crippen molar-refractivity contribution in [3.63, 3.8) is 0 Å². The fourth-order valence-corrected chi connectivity index (χ4v) is 3.92. The molecule has 0 saturated carbocycles. The maximum absolute atomic E-state index is 12.4. The number of hydrogen-bond donors (Lipinski definition) is 2. The van der Waals surface area contributed by atoms with Gasteiger partial charge in [0.05, 0.1) is 17.1 Å². The molecule has 0 aliphatic rings. The molecule has 34 heavy (non-hydrogen) atoms. The van der Waals surface area contributed by atoms with Gasteiger partial charge in [0.1, 0.15) is 5.75 Å². The van der Waals surface area contributed by atoms with E-state index in [-0.39, 0.29) is 24.0 Å². The summed E-state index contributed by atoms with van der Waals surface area (Å²) in [6, 6.07) is 25.4. The summed E-state index contributed by atoms with van der Waals surface area (Å²) in [6.07, 6.45) is 1.93. The number of carbonyl (C=O) groups excluding carboxylic acids is 1. The van der Waals surface area contributed by atoms with E-state index in [1.54, 1.807) is 0 Å². The van der Waals surface area contributed by atoms with Crippen LogP contribution < -0.4 is 15.2 Å². The molecule has 3 aromatic carbocycles. The van der Waals surface area contributed by atoms with Crippen molar-refractivity contribution < 1.29 is 17.9 Å². The van der Waals surface area contributed by atoms with Gasteiger partial charge in [0.2, 0.25) is 10.0 Å². The highest BCUT2D eigenvalue weighted by molar-refractivity contribution is 7.89. The van der Waals surface area contributed by atoms with E-state index in [0.29, 0.717) is 12.3 Å². The lowest BCUT2D eigenvalue weighted by molar-refractivity contribution is -0.123. The maximum Gasteiger partial charge on any atom is 0.258 e. The van der Waals surface area contributed by atoms with Gasteiger partial charge < -0.3 is 10.1 Å². The Morgan fingerprint density at radius 1 is 0.941 bits per heavy atom. The van der Waals surface area contributed by atoms with Crippen LogP contribution >= 0.6 is 0 Å². The lowest BCUT2D eigenvalue weighted by Gasteiger charge is -2.08. The lowest BCUT2D eigenvalue weighted by Crippen LogP contribution is -2.28. The number of hydrogen-bond acceptors (Lipinski definition) is 5. The summed E-state index contributed by atoms with van der Waals surface area (Å²) in [4.78, 5) is 12.4. The molecule has 1 heterocycles. The van der Waals surface area contributed by atoms with Crippen molar-refractivity contribution in [2.24, 2.45) is 5.14 Å². The zero-order chi connectivity index (χ0) is 24.0. The molecular formula is C25H24N4O4S. The van der Waals surface area contributed by atoms with E-state index < -0.39 is 10.0 Å². The molecule has 0 aliphatic heterocycles. The molecule has 0 unspecified atom stereocenters. The first-order valence-corrected chi connectivity index (χ1v) is 12.1. The molecular weight excluding hydrogens is 452 g/mol. The number of nitrogens with zero attached hydrogens (tertiary/aromatic N) is 2. The van der Waals surface area contributed by atoms with Gasteiger partial charge in [-0.2, -0.15) is 5.10 Å². The van der Waals surface area contributed by atoms with Crippen LogP contribution in [0, 0.1) is 0 Å². The Bertz CT molecular complexity index is 1350. The van der Waals surface area contributed by atoms with E-state index >= 15 is 0 Å². The van der Waals surface area contributed by atoms with E-state index in [0.717, 1.165) is 22.4 Å². The molecule has 3 N–H and O–H groups in total. The second-order valence-corrected chi connectivity index (χ2v) is 9.20. The van der Waals surface area contributed by atoms with Crippen molar-refractivity contribution in [2.75, 3.05) is 6.61 Å². The van der Waals surface area contributed by atoms with Crippen LogP contribution in [-0.4, -0.2) is 30.7 Å². The van der Waals surface area contributed by atoms with E-state index in [1.807, 2.05) is 71.5 Å². The van der Waals surface area contributed by atoms with Gasteiger partial charge in [0, 0.05) is 23.9 Å². The summed E-state index contributed by atoms with van der Waals surface area (Å²) in [5.74, 6) is 0.0496. The third kappa shape index (κ3) is 6.09. The van der Waals surface area contributed by atoms with Crippen molar-refractivity contribution >= 4 is 15.9 Å². The molecule has 1 amide bonds. The minimum Gasteiger partial charge on any atom is -0.484 e. The summed E-state index contributed by atoms with van der Waals surface area (Å²) in [5.41, 5.74) is 3.77. The van der Waals surface area contributed by atoms with Gasteiger partial charge in [-0.05, 0) is 29.8 Å². The molecule has 0 bridgehead atoms. The molecule has 0 atom stereocenters. The number of ether oxygens (including phenoxy) is 1. The van der Waals surface area contributed by atoms with Crippen LogP contribution in [0.25, 0.3) is 11.3 Å². The van der Waals surface area contributed by atoms with Gasteiger partial charge in [-0.15, -0.1) is 0 Å². The van der Waals surface area contributed by atoms with Gasteiger partial charge in [-0.1, -0.05) is 60.7 Å². The second-order valence-electron chi connectivity index (χ2n) is 7.63. The topological polar surface area (TPSA) is 116 Å². The van der Waals surface area contributed by atoms with Gasteiger partial charge in [-0.3, -0.25) is 9.48 Å². The Balaban J connectivity index is 1.41. The quantitative estimate of drug-likeness (QED) is 0.385. The first kappa shape index (κ1) is 23.2. The van der Waals surface area contributed by atoms with E-state index in [9.17, 15) is 13.2 Å². The number of primary sulfonamides is 1. The van der Waals surface area contributed by atoms with E-state index in [2.05, 4.69) is 5.32 Å². The molecule has 4 rings (SSSR count). The predicted molar refractivity (Wildman–Crippen MR) is 128 cm³/mol. The fourth-order valence-electron chi connectivity index (χ4n) is 3.40. The first-order chi connectivity index (χ1) is 16.4. The zero-order valence-electron chi connectivity index (χ0n) is 18.3. The fraction of sp³-hybridized carbons (Fsp3) is 0.120. The number of amides is 1. The minimum absolute atomic E-state index is 0.0229. The van der Waals surface area contributed by atoms with Crippen LogP contribution in [0.1, 0.15) is 11.1 Å². The van der Waals surface area contributed by atoms with Crippen LogP contribution in [0.4, 0.5) is 0 Å². The van der Waals surface area contributed by atoms with Crippen molar-refractivity contribution in [1.82, 2.24) is 15.1 Å². The number of sulfonamides is 1. The van der Waals surface area contributed by atoms with Crippen LogP contribution in [0.15, 0.2) is 96.0 Å². The Kier molecular flexibility index (Phi) is 7.05. The predicted octanol–water partition coefficient (Wildman–Crippen LogP) is 2.94. The zero-order valence-corrected chi connectivity index (χ0v) is 19.1. The largest absolute Gasteiger partial charge is 0.484 e. The Morgan fingerprint density at radius 3 is 2.24 bits per heavy atom. The van der Waals surface area contributed by atoms with E-state index in [4.69, 9.17) is 15.0 Å². The van der Waals surface area contributed by atoms with Gasteiger partial charge in [0.15, 0.2) is 6.61 Å². The van der Waals surface area contributed by atoms with Crippen molar-refractivity contribution in [3.8, 4) is 17.0 Å². The van der Waals surface area contributed by atoms with Crippen molar-refractivity contribution in [1.29, 1.82) is 0 Å². The first-order valence-electron chi connectivity index (χ1n) is 10.6. The van der Waals surface area contributed by atoms with Gasteiger partial charge in [-0.25, -0.2) is 13.6 Å². The standard InChI is InChI=1S/C25H24N4O4S/c26-34(31,32)23-13-11-22(12-14-23)33-18-24(30)27-15-21-17-29(16-19-7-3-1-4-8-19)28-25(21)20-9-5-2-6-10-20/h1-14,17H,15-16,18H2,(H,27,30)(H2,26,31,32). The minimum atomic E-state index is -3.78. The summed E-state index contributed by atoms with van der Waals surface area (Å²) in [5, 5.41) is 12.7. The average Bonchev–Trinajstić information content (AvgIpc) is 3.25. The molecule has 0 fully saturated rings. The number of nitrogens with two attached hydrogens (primary N) is 1. The average molecular weight is 477 g/mol. The molecule has 174 valence electrons. The summed E-state index contributed by atoms with van der Waals surface area (Å²) in [7, 11) is -3.78. The van der Waals surface area contributed by atoms with Crippen LogP contribution in [0.3, 0.4) is 0 Å². The van der Waals surface area contributed by atoms with Gasteiger partial charge in [0.25, 0.3) is 5.91 Å². The van der Waals surface area contributed by atoms with Crippen molar-refractivity contribution in [2.45, 2.75) is 18.0 Å². The lowest BCUT2D eigenvalue weighted by atomic mass is 10.1. The van der Waals surface area contributed by atoms with Crippen LogP contribution in [0.5, 0.6) is 5.75 Å². The molecule has 8 nitrogen and oxygen atoms in total. The number of nitrogens with one attached hydrogen (secondary N) is 1. The molecule has 0 aliphatic carbocycles. The Hall–Kier alpha value is -3.95. The third-order valence-electron chi connectivity index (χ3n) is 5.07. The highest BCUT2D eigenvalue weighted by Gasteiger charge is 2.13. The molecule has 0 radical (unpaired) electrons. The monoisotopic (exact) mass is 476 g/mol. The molecule has 9 heteroatoms. The number of aromatic nitrogens is 2. The third-order valence-corrected chi connectivity index (χ3v) is 6.00.